The molecule has 3 heterocycles. The molecular weight excluding hydrogens is 516 g/mol. The number of carboxylic acids is 1. The summed E-state index contributed by atoms with van der Waals surface area (Å²) in [7, 11) is 1.63. The van der Waals surface area contributed by atoms with E-state index in [-0.39, 0.29) is 6.42 Å². The zero-order valence-corrected chi connectivity index (χ0v) is 24.8. The fraction of sp³-hybridized carbons (Fsp3) is 0.727. The standard InChI is InChI=1S/C33H48N4O4/c1-40-15-16-41-35-29(13-14-33(38)39)31-22-36(32-12-5-4-11-30(32)34-31)27-20-25-9-6-10-26(21-27)37(25)28-18-23-7-2-3-8-24(17-23)19-28/h4-5,11-12,23-28H,2-3,6-10,13-22H2,1H3,(H,38,39). The molecule has 2 saturated carbocycles. The Bertz CT molecular complexity index is 1090. The Balaban J connectivity index is 1.22. The summed E-state index contributed by atoms with van der Waals surface area (Å²) in [5, 5.41) is 13.8. The van der Waals surface area contributed by atoms with Crippen LogP contribution in [0.4, 0.5) is 11.4 Å². The molecule has 4 unspecified atom stereocenters. The van der Waals surface area contributed by atoms with Gasteiger partial charge in [-0.1, -0.05) is 49.4 Å². The van der Waals surface area contributed by atoms with E-state index in [0.717, 1.165) is 29.3 Å². The number of ether oxygens (including phenoxy) is 1. The number of anilines is 1. The molecule has 2 saturated heterocycles. The Kier molecular flexibility index (Phi) is 9.26. The molecular formula is C33H48N4O4. The Morgan fingerprint density at radius 3 is 2.34 bits per heavy atom. The van der Waals surface area contributed by atoms with Crippen LogP contribution in [-0.4, -0.2) is 78.4 Å². The molecule has 5 aliphatic rings. The summed E-state index contributed by atoms with van der Waals surface area (Å²) < 4.78 is 5.10. The third-order valence-corrected chi connectivity index (χ3v) is 10.4. The van der Waals surface area contributed by atoms with Crippen LogP contribution in [0.3, 0.4) is 0 Å². The molecule has 2 aliphatic carbocycles. The summed E-state index contributed by atoms with van der Waals surface area (Å²) in [5.41, 5.74) is 3.59. The molecule has 1 aromatic carbocycles. The zero-order chi connectivity index (χ0) is 28.2. The third kappa shape index (κ3) is 6.64. The van der Waals surface area contributed by atoms with Crippen molar-refractivity contribution in [2.45, 2.75) is 114 Å². The van der Waals surface area contributed by atoms with E-state index < -0.39 is 5.97 Å². The summed E-state index contributed by atoms with van der Waals surface area (Å²) >= 11 is 0. The summed E-state index contributed by atoms with van der Waals surface area (Å²) in [6, 6.07) is 10.9. The first-order valence-corrected chi connectivity index (χ1v) is 16.2. The maximum absolute atomic E-state index is 11.5. The average molecular weight is 565 g/mol. The van der Waals surface area contributed by atoms with Gasteiger partial charge in [-0.15, -0.1) is 0 Å². The molecule has 0 spiro atoms. The van der Waals surface area contributed by atoms with Crippen molar-refractivity contribution in [1.82, 2.24) is 4.90 Å². The van der Waals surface area contributed by atoms with E-state index >= 15 is 0 Å². The number of carboxylic acid groups (broad SMARTS) is 1. The van der Waals surface area contributed by atoms with Crippen molar-refractivity contribution in [2.75, 3.05) is 31.8 Å². The highest BCUT2D eigenvalue weighted by Crippen LogP contribution is 2.47. The smallest absolute Gasteiger partial charge is 0.303 e. The minimum Gasteiger partial charge on any atom is -0.481 e. The minimum atomic E-state index is -0.842. The topological polar surface area (TPSA) is 87.0 Å². The monoisotopic (exact) mass is 564 g/mol. The third-order valence-electron chi connectivity index (χ3n) is 10.4. The first-order chi connectivity index (χ1) is 20.1. The first kappa shape index (κ1) is 28.7. The largest absolute Gasteiger partial charge is 0.481 e. The molecule has 4 fully saturated rings. The van der Waals surface area contributed by atoms with Crippen molar-refractivity contribution in [3.05, 3.63) is 24.3 Å². The second kappa shape index (κ2) is 13.2. The summed E-state index contributed by atoms with van der Waals surface area (Å²) in [4.78, 5) is 27.6. The lowest BCUT2D eigenvalue weighted by molar-refractivity contribution is -0.136. The number of benzene rings is 1. The number of hydrogen-bond donors (Lipinski definition) is 1. The minimum absolute atomic E-state index is 0.000941. The van der Waals surface area contributed by atoms with Gasteiger partial charge in [-0.2, -0.15) is 0 Å². The van der Waals surface area contributed by atoms with Crippen molar-refractivity contribution in [2.24, 2.45) is 22.0 Å². The summed E-state index contributed by atoms with van der Waals surface area (Å²) in [5.74, 6) is 1.05. The second-order valence-electron chi connectivity index (χ2n) is 13.1. The Morgan fingerprint density at radius 2 is 1.63 bits per heavy atom. The number of aliphatic carboxylic acids is 1. The van der Waals surface area contributed by atoms with Crippen LogP contribution in [0.1, 0.15) is 89.9 Å². The molecule has 0 radical (unpaired) electrons. The van der Waals surface area contributed by atoms with Crippen molar-refractivity contribution >= 4 is 28.8 Å². The van der Waals surface area contributed by atoms with Crippen LogP contribution in [0.15, 0.2) is 34.4 Å². The number of fused-ring (bicyclic) bond motifs is 5. The van der Waals surface area contributed by atoms with Crippen LogP contribution in [-0.2, 0) is 14.4 Å². The lowest BCUT2D eigenvalue weighted by atomic mass is 9.73. The van der Waals surface area contributed by atoms with Gasteiger partial charge in [0.1, 0.15) is 12.3 Å². The molecule has 0 amide bonds. The number of methoxy groups -OCH3 is 1. The quantitative estimate of drug-likeness (QED) is 0.207. The van der Waals surface area contributed by atoms with Gasteiger partial charge in [0.25, 0.3) is 0 Å². The van der Waals surface area contributed by atoms with Crippen LogP contribution < -0.4 is 4.90 Å². The van der Waals surface area contributed by atoms with Gasteiger partial charge in [-0.05, 0) is 68.9 Å². The molecule has 4 bridgehead atoms. The fourth-order valence-corrected chi connectivity index (χ4v) is 8.77. The van der Waals surface area contributed by atoms with E-state index in [1.54, 1.807) is 7.11 Å². The molecule has 8 nitrogen and oxygen atoms in total. The van der Waals surface area contributed by atoms with Gasteiger partial charge < -0.3 is 19.6 Å². The van der Waals surface area contributed by atoms with Gasteiger partial charge >= 0.3 is 5.97 Å². The molecule has 6 rings (SSSR count). The van der Waals surface area contributed by atoms with Gasteiger partial charge in [-0.25, -0.2) is 4.99 Å². The summed E-state index contributed by atoms with van der Waals surface area (Å²) in [6.07, 6.45) is 16.8. The molecule has 3 aliphatic heterocycles. The van der Waals surface area contributed by atoms with Crippen LogP contribution in [0.2, 0.25) is 0 Å². The molecule has 1 aromatic rings. The van der Waals surface area contributed by atoms with Gasteiger partial charge in [0, 0.05) is 37.7 Å². The predicted molar refractivity (Wildman–Crippen MR) is 162 cm³/mol. The Hall–Kier alpha value is -2.45. The number of hydrogen-bond acceptors (Lipinski definition) is 7. The lowest BCUT2D eigenvalue weighted by Crippen LogP contribution is -2.61. The Morgan fingerprint density at radius 1 is 0.902 bits per heavy atom. The molecule has 4 atom stereocenters. The van der Waals surface area contributed by atoms with Crippen molar-refractivity contribution in [3.63, 3.8) is 0 Å². The van der Waals surface area contributed by atoms with E-state index in [9.17, 15) is 9.90 Å². The molecule has 1 N–H and O–H groups in total. The number of nitrogens with zero attached hydrogens (tertiary/aromatic N) is 4. The lowest BCUT2D eigenvalue weighted by Gasteiger charge is -2.56. The van der Waals surface area contributed by atoms with Gasteiger partial charge in [-0.3, -0.25) is 9.69 Å². The number of carbonyl (C=O) groups is 1. The normalized spacial score (nSPS) is 32.1. The zero-order valence-electron chi connectivity index (χ0n) is 24.8. The molecule has 0 aromatic heterocycles. The first-order valence-electron chi connectivity index (χ1n) is 16.2. The van der Waals surface area contributed by atoms with Crippen LogP contribution in [0.5, 0.6) is 0 Å². The maximum atomic E-state index is 11.5. The highest BCUT2D eigenvalue weighted by atomic mass is 16.6. The average Bonchev–Trinajstić information content (AvgIpc) is 3.14. The highest BCUT2D eigenvalue weighted by Gasteiger charge is 2.46. The van der Waals surface area contributed by atoms with Crippen LogP contribution in [0.25, 0.3) is 0 Å². The van der Waals surface area contributed by atoms with Crippen molar-refractivity contribution in [3.8, 4) is 0 Å². The van der Waals surface area contributed by atoms with E-state index in [4.69, 9.17) is 14.6 Å². The number of para-hydroxylation sites is 2. The molecule has 41 heavy (non-hydrogen) atoms. The highest BCUT2D eigenvalue weighted by molar-refractivity contribution is 6.44. The SMILES string of the molecule is COCCON=C(CCC(=O)O)C1=Nc2ccccc2N(C2CC3CCCC(C2)N3C2CC3CCCCC(C3)C2)C1. The van der Waals surface area contributed by atoms with E-state index in [2.05, 4.69) is 33.2 Å². The number of oxime groups is 1. The van der Waals surface area contributed by atoms with E-state index in [0.29, 0.717) is 50.0 Å². The number of piperidine rings is 2. The van der Waals surface area contributed by atoms with E-state index in [1.165, 1.54) is 82.7 Å². The number of aliphatic imine (C=N–C) groups is 1. The van der Waals surface area contributed by atoms with Crippen molar-refractivity contribution < 1.29 is 19.5 Å². The summed E-state index contributed by atoms with van der Waals surface area (Å²) in [6.45, 7) is 1.40. The molecule has 8 heteroatoms. The maximum Gasteiger partial charge on any atom is 0.303 e. The van der Waals surface area contributed by atoms with Gasteiger partial charge in [0.05, 0.1) is 36.7 Å². The second-order valence-corrected chi connectivity index (χ2v) is 13.1. The van der Waals surface area contributed by atoms with E-state index in [1.807, 2.05) is 6.07 Å². The van der Waals surface area contributed by atoms with Gasteiger partial charge in [0.2, 0.25) is 0 Å². The van der Waals surface area contributed by atoms with Crippen LogP contribution in [0, 0.1) is 11.8 Å². The number of rotatable bonds is 10. The van der Waals surface area contributed by atoms with Gasteiger partial charge in [0.15, 0.2) is 0 Å². The molecule has 224 valence electrons. The van der Waals surface area contributed by atoms with Crippen molar-refractivity contribution in [1.29, 1.82) is 0 Å². The Labute approximate surface area is 245 Å². The van der Waals surface area contributed by atoms with Crippen LogP contribution >= 0.6 is 0 Å². The predicted octanol–water partition coefficient (Wildman–Crippen LogP) is 6.21. The fourth-order valence-electron chi connectivity index (χ4n) is 8.77.